The summed E-state index contributed by atoms with van der Waals surface area (Å²) in [6, 6.07) is 7.63. The first-order chi connectivity index (χ1) is 14.1. The van der Waals surface area contributed by atoms with Crippen LogP contribution in [0.25, 0.3) is 11.6 Å². The summed E-state index contributed by atoms with van der Waals surface area (Å²) in [4.78, 5) is 27.6. The molecule has 1 aliphatic heterocycles. The fraction of sp³-hybridized carbons (Fsp3) is 0.381. The Labute approximate surface area is 168 Å². The van der Waals surface area contributed by atoms with E-state index in [0.717, 1.165) is 29.8 Å². The molecule has 3 heterocycles. The van der Waals surface area contributed by atoms with E-state index in [1.807, 2.05) is 36.1 Å². The quantitative estimate of drug-likeness (QED) is 0.658. The number of likely N-dealkylation sites (tertiary alicyclic amines) is 1. The van der Waals surface area contributed by atoms with Gasteiger partial charge in [0.1, 0.15) is 11.4 Å². The van der Waals surface area contributed by atoms with Gasteiger partial charge in [-0.2, -0.15) is 4.98 Å². The molecule has 0 N–H and O–H groups in total. The SMILES string of the molecule is COc1ccccc1CC(=O)N1CCC(c2noc(-c3cnc(C)cn3)n2)CC1. The average molecular weight is 393 g/mol. The van der Waals surface area contributed by atoms with Crippen LogP contribution in [0.1, 0.15) is 35.8 Å². The van der Waals surface area contributed by atoms with Crippen LogP contribution in [0.2, 0.25) is 0 Å². The number of rotatable bonds is 5. The second-order valence-electron chi connectivity index (χ2n) is 7.14. The Bertz CT molecular complexity index is 978. The Balaban J connectivity index is 1.36. The predicted octanol–water partition coefficient (Wildman–Crippen LogP) is 2.79. The van der Waals surface area contributed by atoms with E-state index in [-0.39, 0.29) is 11.8 Å². The van der Waals surface area contributed by atoms with Gasteiger partial charge < -0.3 is 14.2 Å². The van der Waals surface area contributed by atoms with Crippen molar-refractivity contribution in [3.63, 3.8) is 0 Å². The molecule has 150 valence electrons. The number of methoxy groups -OCH3 is 1. The number of aryl methyl sites for hydroxylation is 1. The molecule has 4 rings (SSSR count). The summed E-state index contributed by atoms with van der Waals surface area (Å²) in [5, 5.41) is 4.13. The number of benzene rings is 1. The summed E-state index contributed by atoms with van der Waals surface area (Å²) in [5.41, 5.74) is 2.31. The van der Waals surface area contributed by atoms with Gasteiger partial charge in [0, 0.05) is 30.8 Å². The molecule has 1 saturated heterocycles. The molecule has 1 amide bonds. The maximum Gasteiger partial charge on any atom is 0.278 e. The fourth-order valence-corrected chi connectivity index (χ4v) is 3.52. The molecule has 8 heteroatoms. The highest BCUT2D eigenvalue weighted by Gasteiger charge is 2.27. The van der Waals surface area contributed by atoms with E-state index in [1.54, 1.807) is 19.5 Å². The number of amides is 1. The van der Waals surface area contributed by atoms with Crippen LogP contribution in [0.5, 0.6) is 5.75 Å². The van der Waals surface area contributed by atoms with Gasteiger partial charge in [-0.1, -0.05) is 23.4 Å². The van der Waals surface area contributed by atoms with E-state index in [2.05, 4.69) is 20.1 Å². The molecule has 0 unspecified atom stereocenters. The number of nitrogens with zero attached hydrogens (tertiary/aromatic N) is 5. The zero-order valence-electron chi connectivity index (χ0n) is 16.5. The van der Waals surface area contributed by atoms with E-state index < -0.39 is 0 Å². The van der Waals surface area contributed by atoms with Crippen molar-refractivity contribution in [3.05, 3.63) is 53.7 Å². The lowest BCUT2D eigenvalue weighted by Gasteiger charge is -2.30. The minimum Gasteiger partial charge on any atom is -0.496 e. The van der Waals surface area contributed by atoms with Crippen LogP contribution in [0.4, 0.5) is 0 Å². The zero-order chi connectivity index (χ0) is 20.2. The summed E-state index contributed by atoms with van der Waals surface area (Å²) in [5.74, 6) is 2.06. The Morgan fingerprint density at radius 2 is 2.00 bits per heavy atom. The lowest BCUT2D eigenvalue weighted by Crippen LogP contribution is -2.39. The first-order valence-electron chi connectivity index (χ1n) is 9.66. The van der Waals surface area contributed by atoms with E-state index in [4.69, 9.17) is 9.26 Å². The summed E-state index contributed by atoms with van der Waals surface area (Å²) in [6.45, 7) is 3.22. The number of para-hydroxylation sites is 1. The number of carbonyl (C=O) groups excluding carboxylic acids is 1. The molecule has 0 radical (unpaired) electrons. The topological polar surface area (TPSA) is 94.2 Å². The summed E-state index contributed by atoms with van der Waals surface area (Å²) in [6.07, 6.45) is 5.25. The molecule has 8 nitrogen and oxygen atoms in total. The van der Waals surface area contributed by atoms with Crippen molar-refractivity contribution < 1.29 is 14.1 Å². The van der Waals surface area contributed by atoms with Gasteiger partial charge in [-0.05, 0) is 25.8 Å². The molecule has 1 aromatic carbocycles. The molecule has 0 bridgehead atoms. The van der Waals surface area contributed by atoms with Crippen molar-refractivity contribution in [2.24, 2.45) is 0 Å². The number of hydrogen-bond donors (Lipinski definition) is 0. The number of aromatic nitrogens is 4. The van der Waals surface area contributed by atoms with Crippen molar-refractivity contribution in [1.29, 1.82) is 0 Å². The number of piperidine rings is 1. The summed E-state index contributed by atoms with van der Waals surface area (Å²) >= 11 is 0. The highest BCUT2D eigenvalue weighted by atomic mass is 16.5. The van der Waals surface area contributed by atoms with Gasteiger partial charge >= 0.3 is 0 Å². The Kier molecular flexibility index (Phi) is 5.50. The van der Waals surface area contributed by atoms with Crippen LogP contribution in [-0.2, 0) is 11.2 Å². The smallest absolute Gasteiger partial charge is 0.278 e. The second kappa shape index (κ2) is 8.38. The van der Waals surface area contributed by atoms with Crippen molar-refractivity contribution >= 4 is 5.91 Å². The van der Waals surface area contributed by atoms with Gasteiger partial charge in [0.25, 0.3) is 5.89 Å². The molecule has 0 aliphatic carbocycles. The second-order valence-corrected chi connectivity index (χ2v) is 7.14. The number of ether oxygens (including phenoxy) is 1. The van der Waals surface area contributed by atoms with Crippen molar-refractivity contribution in [3.8, 4) is 17.3 Å². The molecule has 3 aromatic rings. The first-order valence-corrected chi connectivity index (χ1v) is 9.66. The van der Waals surface area contributed by atoms with Crippen LogP contribution in [0.15, 0.2) is 41.2 Å². The van der Waals surface area contributed by atoms with Crippen molar-refractivity contribution in [2.45, 2.75) is 32.1 Å². The largest absolute Gasteiger partial charge is 0.496 e. The standard InChI is InChI=1S/C21H23N5O3/c1-14-12-23-17(13-22-14)21-24-20(25-29-21)15-7-9-26(10-8-15)19(27)11-16-5-3-4-6-18(16)28-2/h3-6,12-13,15H,7-11H2,1-2H3. The average Bonchev–Trinajstić information content (AvgIpc) is 3.25. The fourth-order valence-electron chi connectivity index (χ4n) is 3.52. The normalized spacial score (nSPS) is 14.8. The third-order valence-corrected chi connectivity index (χ3v) is 5.19. The molecular formula is C21H23N5O3. The Morgan fingerprint density at radius 1 is 1.21 bits per heavy atom. The maximum absolute atomic E-state index is 12.7. The Morgan fingerprint density at radius 3 is 2.72 bits per heavy atom. The van der Waals surface area contributed by atoms with Crippen LogP contribution in [0.3, 0.4) is 0 Å². The molecule has 0 atom stereocenters. The van der Waals surface area contributed by atoms with Crippen molar-refractivity contribution in [1.82, 2.24) is 25.0 Å². The van der Waals surface area contributed by atoms with Gasteiger partial charge in [0.05, 0.1) is 25.4 Å². The van der Waals surface area contributed by atoms with Crippen molar-refractivity contribution in [2.75, 3.05) is 20.2 Å². The van der Waals surface area contributed by atoms with Gasteiger partial charge in [-0.25, -0.2) is 4.98 Å². The number of carbonyl (C=O) groups is 1. The van der Waals surface area contributed by atoms with Gasteiger partial charge in [0.15, 0.2) is 5.82 Å². The molecule has 2 aromatic heterocycles. The van der Waals surface area contributed by atoms with E-state index in [0.29, 0.717) is 36.9 Å². The summed E-state index contributed by atoms with van der Waals surface area (Å²) in [7, 11) is 1.62. The van der Waals surface area contributed by atoms with E-state index >= 15 is 0 Å². The molecule has 0 spiro atoms. The zero-order valence-corrected chi connectivity index (χ0v) is 16.5. The highest BCUT2D eigenvalue weighted by Crippen LogP contribution is 2.28. The maximum atomic E-state index is 12.7. The minimum atomic E-state index is 0.108. The third kappa shape index (κ3) is 4.26. The monoisotopic (exact) mass is 393 g/mol. The first kappa shape index (κ1) is 19.0. The van der Waals surface area contributed by atoms with E-state index in [9.17, 15) is 4.79 Å². The van der Waals surface area contributed by atoms with Gasteiger partial charge in [-0.15, -0.1) is 0 Å². The number of hydrogen-bond acceptors (Lipinski definition) is 7. The molecular weight excluding hydrogens is 370 g/mol. The third-order valence-electron chi connectivity index (χ3n) is 5.19. The van der Waals surface area contributed by atoms with E-state index in [1.165, 1.54) is 0 Å². The van der Waals surface area contributed by atoms with Gasteiger partial charge in [-0.3, -0.25) is 9.78 Å². The molecule has 1 fully saturated rings. The Hall–Kier alpha value is -3.29. The molecule has 29 heavy (non-hydrogen) atoms. The molecule has 0 saturated carbocycles. The van der Waals surface area contributed by atoms with Crippen LogP contribution in [0, 0.1) is 6.92 Å². The molecule has 1 aliphatic rings. The lowest BCUT2D eigenvalue weighted by molar-refractivity contribution is -0.131. The minimum absolute atomic E-state index is 0.108. The summed E-state index contributed by atoms with van der Waals surface area (Å²) < 4.78 is 10.7. The van der Waals surface area contributed by atoms with Crippen LogP contribution in [-0.4, -0.2) is 51.1 Å². The van der Waals surface area contributed by atoms with Crippen LogP contribution >= 0.6 is 0 Å². The van der Waals surface area contributed by atoms with Gasteiger partial charge in [0.2, 0.25) is 5.91 Å². The predicted molar refractivity (Wildman–Crippen MR) is 105 cm³/mol. The lowest BCUT2D eigenvalue weighted by atomic mass is 9.95. The highest BCUT2D eigenvalue weighted by molar-refractivity contribution is 5.79. The van der Waals surface area contributed by atoms with Crippen LogP contribution < -0.4 is 4.74 Å².